The molecule has 1 saturated carbocycles. The summed E-state index contributed by atoms with van der Waals surface area (Å²) < 4.78 is 0. The van der Waals surface area contributed by atoms with E-state index in [4.69, 9.17) is 5.11 Å². The molecule has 0 atom stereocenters. The summed E-state index contributed by atoms with van der Waals surface area (Å²) in [6.45, 7) is 8.08. The molecule has 0 amide bonds. The van der Waals surface area contributed by atoms with E-state index in [0.717, 1.165) is 17.9 Å². The van der Waals surface area contributed by atoms with Crippen LogP contribution in [0.25, 0.3) is 0 Å². The Morgan fingerprint density at radius 1 is 1.31 bits per heavy atom. The molecular weight excluding hydrogens is 160 g/mol. The first-order chi connectivity index (χ1) is 6.16. The fraction of sp³-hybridized carbons (Fsp3) is 0.833. The van der Waals surface area contributed by atoms with E-state index in [-0.39, 0.29) is 6.61 Å². The molecule has 0 saturated heterocycles. The third kappa shape index (κ3) is 9.62. The molecule has 0 aromatic heterocycles. The summed E-state index contributed by atoms with van der Waals surface area (Å²) in [6, 6.07) is 0. The molecular formula is C12H24O. The molecule has 1 aliphatic carbocycles. The fourth-order valence-electron chi connectivity index (χ4n) is 1.50. The van der Waals surface area contributed by atoms with Crippen molar-refractivity contribution in [1.29, 1.82) is 0 Å². The van der Waals surface area contributed by atoms with Gasteiger partial charge in [-0.1, -0.05) is 44.6 Å². The minimum absolute atomic E-state index is 0.231. The summed E-state index contributed by atoms with van der Waals surface area (Å²) in [5.74, 6) is 1.04. The van der Waals surface area contributed by atoms with Gasteiger partial charge in [0.2, 0.25) is 0 Å². The Kier molecular flexibility index (Phi) is 8.11. The second-order valence-electron chi connectivity index (χ2n) is 4.17. The van der Waals surface area contributed by atoms with Crippen LogP contribution in [0.5, 0.6) is 0 Å². The SMILES string of the molecule is C=C(C)CCO.CC1CCCCC1. The van der Waals surface area contributed by atoms with Crippen molar-refractivity contribution in [2.75, 3.05) is 6.61 Å². The van der Waals surface area contributed by atoms with Crippen LogP contribution in [0.2, 0.25) is 0 Å². The van der Waals surface area contributed by atoms with Gasteiger partial charge in [-0.05, 0) is 19.3 Å². The van der Waals surface area contributed by atoms with Gasteiger partial charge >= 0.3 is 0 Å². The molecule has 0 radical (unpaired) electrons. The summed E-state index contributed by atoms with van der Waals surface area (Å²) in [4.78, 5) is 0. The Balaban J connectivity index is 0.000000226. The highest BCUT2D eigenvalue weighted by Crippen LogP contribution is 2.22. The normalized spacial score (nSPS) is 17.5. The van der Waals surface area contributed by atoms with Gasteiger partial charge in [0.15, 0.2) is 0 Å². The smallest absolute Gasteiger partial charge is 0.0467 e. The topological polar surface area (TPSA) is 20.2 Å². The van der Waals surface area contributed by atoms with E-state index >= 15 is 0 Å². The predicted octanol–water partition coefficient (Wildman–Crippen LogP) is 3.53. The highest BCUT2D eigenvalue weighted by Gasteiger charge is 2.05. The first kappa shape index (κ1) is 12.7. The van der Waals surface area contributed by atoms with E-state index in [9.17, 15) is 0 Å². The van der Waals surface area contributed by atoms with Crippen LogP contribution in [0.4, 0.5) is 0 Å². The summed E-state index contributed by atoms with van der Waals surface area (Å²) >= 11 is 0. The average Bonchev–Trinajstić information content (AvgIpc) is 2.06. The fourth-order valence-corrected chi connectivity index (χ4v) is 1.50. The molecule has 0 aromatic carbocycles. The molecule has 0 heterocycles. The van der Waals surface area contributed by atoms with Crippen molar-refractivity contribution in [2.45, 2.75) is 52.4 Å². The Morgan fingerprint density at radius 2 is 1.85 bits per heavy atom. The van der Waals surface area contributed by atoms with Gasteiger partial charge in [-0.15, -0.1) is 6.58 Å². The molecule has 0 spiro atoms. The molecule has 1 N–H and O–H groups in total. The molecule has 13 heavy (non-hydrogen) atoms. The highest BCUT2D eigenvalue weighted by atomic mass is 16.2. The average molecular weight is 184 g/mol. The van der Waals surface area contributed by atoms with Crippen LogP contribution < -0.4 is 0 Å². The number of aliphatic hydroxyl groups excluding tert-OH is 1. The largest absolute Gasteiger partial charge is 0.396 e. The van der Waals surface area contributed by atoms with E-state index in [1.165, 1.54) is 32.1 Å². The minimum Gasteiger partial charge on any atom is -0.396 e. The van der Waals surface area contributed by atoms with Gasteiger partial charge in [-0.3, -0.25) is 0 Å². The molecule has 1 aliphatic rings. The lowest BCUT2D eigenvalue weighted by atomic mass is 9.91. The number of rotatable bonds is 2. The molecule has 1 fully saturated rings. The summed E-state index contributed by atoms with van der Waals surface area (Å²) in [7, 11) is 0. The predicted molar refractivity (Wildman–Crippen MR) is 58.8 cm³/mol. The number of aliphatic hydroxyl groups is 1. The van der Waals surface area contributed by atoms with Gasteiger partial charge < -0.3 is 5.11 Å². The van der Waals surface area contributed by atoms with Crippen LogP contribution in [0.1, 0.15) is 52.4 Å². The second kappa shape index (κ2) is 8.31. The Labute approximate surface area is 82.9 Å². The molecule has 78 valence electrons. The Hall–Kier alpha value is -0.300. The molecule has 0 aromatic rings. The number of hydrogen-bond donors (Lipinski definition) is 1. The summed E-state index contributed by atoms with van der Waals surface area (Å²) in [5, 5.41) is 8.18. The molecule has 0 unspecified atom stereocenters. The summed E-state index contributed by atoms with van der Waals surface area (Å²) in [6.07, 6.45) is 8.17. The van der Waals surface area contributed by atoms with E-state index < -0.39 is 0 Å². The van der Waals surface area contributed by atoms with Crippen LogP contribution in [0.15, 0.2) is 12.2 Å². The van der Waals surface area contributed by atoms with Crippen molar-refractivity contribution in [2.24, 2.45) is 5.92 Å². The zero-order valence-corrected chi connectivity index (χ0v) is 9.18. The van der Waals surface area contributed by atoms with Crippen LogP contribution in [-0.2, 0) is 0 Å². The van der Waals surface area contributed by atoms with Crippen molar-refractivity contribution in [3.05, 3.63) is 12.2 Å². The van der Waals surface area contributed by atoms with Gasteiger partial charge in [0.1, 0.15) is 0 Å². The molecule has 1 heteroatoms. The van der Waals surface area contributed by atoms with Crippen molar-refractivity contribution in [3.63, 3.8) is 0 Å². The maximum atomic E-state index is 8.18. The lowest BCUT2D eigenvalue weighted by Crippen LogP contribution is -1.99. The summed E-state index contributed by atoms with van der Waals surface area (Å²) in [5.41, 5.74) is 1.04. The maximum Gasteiger partial charge on any atom is 0.0467 e. The first-order valence-electron chi connectivity index (χ1n) is 5.42. The van der Waals surface area contributed by atoms with Gasteiger partial charge in [0.05, 0.1) is 0 Å². The zero-order valence-electron chi connectivity index (χ0n) is 9.18. The third-order valence-corrected chi connectivity index (χ3v) is 2.43. The van der Waals surface area contributed by atoms with Crippen LogP contribution >= 0.6 is 0 Å². The van der Waals surface area contributed by atoms with Crippen molar-refractivity contribution < 1.29 is 5.11 Å². The van der Waals surface area contributed by atoms with Gasteiger partial charge in [0, 0.05) is 6.61 Å². The highest BCUT2D eigenvalue weighted by molar-refractivity contribution is 4.86. The van der Waals surface area contributed by atoms with Crippen LogP contribution in [-0.4, -0.2) is 11.7 Å². The van der Waals surface area contributed by atoms with E-state index in [1.807, 2.05) is 6.92 Å². The Bertz CT molecular complexity index is 123. The molecule has 0 aliphatic heterocycles. The standard InChI is InChI=1S/C7H14.C5H10O/c1-7-5-3-2-4-6-7;1-5(2)3-4-6/h7H,2-6H2,1H3;6H,1,3-4H2,2H3. The van der Waals surface area contributed by atoms with Crippen molar-refractivity contribution in [1.82, 2.24) is 0 Å². The van der Waals surface area contributed by atoms with Crippen LogP contribution in [0, 0.1) is 5.92 Å². The number of hydrogen-bond acceptors (Lipinski definition) is 1. The third-order valence-electron chi connectivity index (χ3n) is 2.43. The van der Waals surface area contributed by atoms with E-state index in [0.29, 0.717) is 0 Å². The lowest BCUT2D eigenvalue weighted by Gasteiger charge is -2.15. The van der Waals surface area contributed by atoms with Crippen molar-refractivity contribution in [3.8, 4) is 0 Å². The van der Waals surface area contributed by atoms with Gasteiger partial charge in [-0.25, -0.2) is 0 Å². The van der Waals surface area contributed by atoms with Gasteiger partial charge in [0.25, 0.3) is 0 Å². The first-order valence-corrected chi connectivity index (χ1v) is 5.42. The monoisotopic (exact) mass is 184 g/mol. The molecule has 1 nitrogen and oxygen atoms in total. The molecule has 1 rings (SSSR count). The maximum absolute atomic E-state index is 8.18. The molecule has 0 bridgehead atoms. The van der Waals surface area contributed by atoms with E-state index in [2.05, 4.69) is 13.5 Å². The minimum atomic E-state index is 0.231. The van der Waals surface area contributed by atoms with Gasteiger partial charge in [-0.2, -0.15) is 0 Å². The second-order valence-corrected chi connectivity index (χ2v) is 4.17. The van der Waals surface area contributed by atoms with Crippen LogP contribution in [0.3, 0.4) is 0 Å². The lowest BCUT2D eigenvalue weighted by molar-refractivity contribution is 0.299. The zero-order chi connectivity index (χ0) is 10.1. The van der Waals surface area contributed by atoms with E-state index in [1.54, 1.807) is 0 Å². The van der Waals surface area contributed by atoms with Crippen molar-refractivity contribution >= 4 is 0 Å². The quantitative estimate of drug-likeness (QED) is 0.651. The Morgan fingerprint density at radius 3 is 2.00 bits per heavy atom.